The Hall–Kier alpha value is -2.23. The van der Waals surface area contributed by atoms with E-state index in [1.807, 2.05) is 13.0 Å². The van der Waals surface area contributed by atoms with Crippen LogP contribution in [0.5, 0.6) is 0 Å². The molecule has 1 amide bonds. The van der Waals surface area contributed by atoms with Crippen LogP contribution in [0.2, 0.25) is 0 Å². The van der Waals surface area contributed by atoms with E-state index < -0.39 is 0 Å². The largest absolute Gasteiger partial charge is 0.372 e. The molecule has 4 nitrogen and oxygen atoms in total. The van der Waals surface area contributed by atoms with Crippen LogP contribution < -0.4 is 10.6 Å². The fourth-order valence-electron chi connectivity index (χ4n) is 4.18. The van der Waals surface area contributed by atoms with Crippen molar-refractivity contribution >= 4 is 11.6 Å². The summed E-state index contributed by atoms with van der Waals surface area (Å²) in [6, 6.07) is 11.1. The van der Waals surface area contributed by atoms with E-state index in [2.05, 4.69) is 54.5 Å². The van der Waals surface area contributed by atoms with Gasteiger partial charge in [-0.05, 0) is 69.2 Å². The molecule has 0 saturated carbocycles. The zero-order chi connectivity index (χ0) is 19.6. The first kappa shape index (κ1) is 19.5. The van der Waals surface area contributed by atoms with E-state index in [0.717, 1.165) is 42.9 Å². The number of carbonyl (C=O) groups is 1. The van der Waals surface area contributed by atoms with E-state index in [1.165, 1.54) is 18.5 Å². The molecule has 1 fully saturated rings. The number of aromatic nitrogens is 1. The summed E-state index contributed by atoms with van der Waals surface area (Å²) in [5.41, 5.74) is 10.8. The molecule has 1 unspecified atom stereocenters. The van der Waals surface area contributed by atoms with Crippen molar-refractivity contribution in [1.82, 2.24) is 4.57 Å². The van der Waals surface area contributed by atoms with Crippen LogP contribution in [-0.4, -0.2) is 23.6 Å². The molecule has 1 atom stereocenters. The van der Waals surface area contributed by atoms with E-state index in [9.17, 15) is 4.79 Å². The Kier molecular flexibility index (Phi) is 5.93. The summed E-state index contributed by atoms with van der Waals surface area (Å²) in [6.45, 7) is 11.0. The molecule has 4 heteroatoms. The molecule has 146 valence electrons. The summed E-state index contributed by atoms with van der Waals surface area (Å²) < 4.78 is 2.30. The van der Waals surface area contributed by atoms with Crippen molar-refractivity contribution < 1.29 is 4.79 Å². The van der Waals surface area contributed by atoms with Gasteiger partial charge in [-0.25, -0.2) is 0 Å². The Bertz CT molecular complexity index is 783. The highest BCUT2D eigenvalue weighted by Gasteiger charge is 2.21. The lowest BCUT2D eigenvalue weighted by Gasteiger charge is -2.22. The molecule has 0 aliphatic carbocycles. The Labute approximate surface area is 163 Å². The fourth-order valence-corrected chi connectivity index (χ4v) is 4.18. The molecule has 1 aliphatic rings. The van der Waals surface area contributed by atoms with Gasteiger partial charge in [0.2, 0.25) is 0 Å². The maximum Gasteiger partial charge on any atom is 0.250 e. The molecule has 3 rings (SSSR count). The van der Waals surface area contributed by atoms with Gasteiger partial charge in [-0.15, -0.1) is 0 Å². The average Bonchev–Trinajstić information content (AvgIpc) is 3.28. The van der Waals surface area contributed by atoms with Crippen molar-refractivity contribution in [2.24, 2.45) is 11.7 Å². The summed E-state index contributed by atoms with van der Waals surface area (Å²) in [4.78, 5) is 14.4. The summed E-state index contributed by atoms with van der Waals surface area (Å²) in [7, 11) is 0. The lowest BCUT2D eigenvalue weighted by atomic mass is 10.0. The number of carbonyl (C=O) groups excluding carboxylic acids is 1. The number of anilines is 1. The van der Waals surface area contributed by atoms with Gasteiger partial charge in [0.05, 0.1) is 5.56 Å². The summed E-state index contributed by atoms with van der Waals surface area (Å²) >= 11 is 0. The number of benzene rings is 1. The zero-order valence-electron chi connectivity index (χ0n) is 17.2. The van der Waals surface area contributed by atoms with Crippen molar-refractivity contribution in [3.05, 3.63) is 41.6 Å². The number of nitrogens with zero attached hydrogens (tertiary/aromatic N) is 2. The molecule has 0 bridgehead atoms. The number of amides is 1. The molecule has 1 aromatic carbocycles. The molecule has 0 radical (unpaired) electrons. The van der Waals surface area contributed by atoms with Gasteiger partial charge in [0, 0.05) is 36.2 Å². The maximum atomic E-state index is 11.9. The van der Waals surface area contributed by atoms with Crippen LogP contribution in [0.4, 0.5) is 5.69 Å². The molecule has 27 heavy (non-hydrogen) atoms. The van der Waals surface area contributed by atoms with Crippen molar-refractivity contribution in [3.63, 3.8) is 0 Å². The molecule has 1 aromatic heterocycles. The van der Waals surface area contributed by atoms with Gasteiger partial charge in [-0.1, -0.05) is 26.0 Å². The molecule has 1 aliphatic heterocycles. The van der Waals surface area contributed by atoms with Gasteiger partial charge in [-0.3, -0.25) is 4.79 Å². The highest BCUT2D eigenvalue weighted by atomic mass is 16.1. The maximum absolute atomic E-state index is 11.9. The molecule has 2 heterocycles. The number of hydrogen-bond acceptors (Lipinski definition) is 2. The minimum absolute atomic E-state index is 0.328. The Morgan fingerprint density at radius 2 is 1.70 bits per heavy atom. The van der Waals surface area contributed by atoms with Crippen molar-refractivity contribution in [2.45, 2.75) is 59.4 Å². The third kappa shape index (κ3) is 4.20. The van der Waals surface area contributed by atoms with Crippen LogP contribution in [0.1, 0.15) is 68.5 Å². The highest BCUT2D eigenvalue weighted by molar-refractivity contribution is 5.95. The smallest absolute Gasteiger partial charge is 0.250 e. The third-order valence-electron chi connectivity index (χ3n) is 5.79. The van der Waals surface area contributed by atoms with E-state index in [0.29, 0.717) is 17.5 Å². The molecule has 1 saturated heterocycles. The predicted octanol–water partition coefficient (Wildman–Crippen LogP) is 5.16. The van der Waals surface area contributed by atoms with Gasteiger partial charge in [-0.2, -0.15) is 0 Å². The molecule has 2 aromatic rings. The fraction of sp³-hybridized carbons (Fsp3) is 0.522. The van der Waals surface area contributed by atoms with Gasteiger partial charge < -0.3 is 15.2 Å². The number of rotatable bonds is 7. The van der Waals surface area contributed by atoms with Crippen molar-refractivity contribution in [2.75, 3.05) is 18.0 Å². The highest BCUT2D eigenvalue weighted by Crippen LogP contribution is 2.33. The topological polar surface area (TPSA) is 51.3 Å². The van der Waals surface area contributed by atoms with E-state index in [4.69, 9.17) is 5.73 Å². The second kappa shape index (κ2) is 8.20. The summed E-state index contributed by atoms with van der Waals surface area (Å²) in [5.74, 6) is 0.319. The van der Waals surface area contributed by atoms with E-state index in [1.54, 1.807) is 0 Å². The van der Waals surface area contributed by atoms with Crippen LogP contribution in [0.25, 0.3) is 11.3 Å². The van der Waals surface area contributed by atoms with Crippen LogP contribution in [0.15, 0.2) is 30.3 Å². The van der Waals surface area contributed by atoms with Gasteiger partial charge in [0.25, 0.3) is 5.91 Å². The summed E-state index contributed by atoms with van der Waals surface area (Å²) in [5, 5.41) is 0. The SMILES string of the molecule is Cc1c(C(N)=O)cc(-c2ccc(N3CCCC3)cc2)n1C(C)CCC(C)C. The Morgan fingerprint density at radius 3 is 2.26 bits per heavy atom. The first-order valence-electron chi connectivity index (χ1n) is 10.3. The van der Waals surface area contributed by atoms with E-state index >= 15 is 0 Å². The van der Waals surface area contributed by atoms with Crippen LogP contribution >= 0.6 is 0 Å². The third-order valence-corrected chi connectivity index (χ3v) is 5.79. The van der Waals surface area contributed by atoms with Gasteiger partial charge in [0.1, 0.15) is 0 Å². The average molecular weight is 368 g/mol. The second-order valence-corrected chi connectivity index (χ2v) is 8.32. The van der Waals surface area contributed by atoms with Crippen LogP contribution in [0.3, 0.4) is 0 Å². The van der Waals surface area contributed by atoms with Gasteiger partial charge in [0.15, 0.2) is 0 Å². The van der Waals surface area contributed by atoms with Crippen LogP contribution in [0, 0.1) is 12.8 Å². The lowest BCUT2D eigenvalue weighted by Crippen LogP contribution is -2.17. The quantitative estimate of drug-likeness (QED) is 0.735. The standard InChI is InChI=1S/C23H33N3O/c1-16(2)7-8-17(3)26-18(4)21(23(24)27)15-22(26)19-9-11-20(12-10-19)25-13-5-6-14-25/h9-12,15-17H,5-8,13-14H2,1-4H3,(H2,24,27). The number of hydrogen-bond donors (Lipinski definition) is 1. The molecule has 2 N–H and O–H groups in total. The lowest BCUT2D eigenvalue weighted by molar-refractivity contribution is 0.0999. The number of nitrogens with two attached hydrogens (primary N) is 1. The first-order chi connectivity index (χ1) is 12.9. The van der Waals surface area contributed by atoms with Crippen molar-refractivity contribution in [3.8, 4) is 11.3 Å². The Morgan fingerprint density at radius 1 is 1.07 bits per heavy atom. The Balaban J connectivity index is 1.95. The van der Waals surface area contributed by atoms with Crippen molar-refractivity contribution in [1.29, 1.82) is 0 Å². The predicted molar refractivity (Wildman–Crippen MR) is 113 cm³/mol. The molecular weight excluding hydrogens is 334 g/mol. The monoisotopic (exact) mass is 367 g/mol. The van der Waals surface area contributed by atoms with Crippen LogP contribution in [-0.2, 0) is 0 Å². The summed E-state index contributed by atoms with van der Waals surface area (Å²) in [6.07, 6.45) is 4.81. The molecular formula is C23H33N3O. The second-order valence-electron chi connectivity index (χ2n) is 8.32. The normalized spacial score (nSPS) is 15.5. The van der Waals surface area contributed by atoms with E-state index in [-0.39, 0.29) is 5.91 Å². The zero-order valence-corrected chi connectivity index (χ0v) is 17.2. The number of primary amides is 1. The minimum Gasteiger partial charge on any atom is -0.372 e. The minimum atomic E-state index is -0.350. The van der Waals surface area contributed by atoms with Gasteiger partial charge >= 0.3 is 0 Å². The molecule has 0 spiro atoms. The first-order valence-corrected chi connectivity index (χ1v) is 10.3.